The molecule has 1 aromatic rings. The second-order valence-electron chi connectivity index (χ2n) is 4.19. The molecule has 1 saturated heterocycles. The average Bonchev–Trinajstić information content (AvgIpc) is 2.87. The molecule has 1 fully saturated rings. The van der Waals surface area contributed by atoms with Crippen LogP contribution in [0.5, 0.6) is 0 Å². The number of hydrogen-bond acceptors (Lipinski definition) is 2. The minimum atomic E-state index is -0.846. The zero-order valence-corrected chi connectivity index (χ0v) is 9.80. The summed E-state index contributed by atoms with van der Waals surface area (Å²) < 4.78 is 0. The summed E-state index contributed by atoms with van der Waals surface area (Å²) in [6, 6.07) is 9.23. The van der Waals surface area contributed by atoms with Gasteiger partial charge in [-0.25, -0.2) is 0 Å². The highest BCUT2D eigenvalue weighted by atomic mass is 16.4. The van der Waals surface area contributed by atoms with Gasteiger partial charge in [-0.1, -0.05) is 24.1 Å². The number of carbonyl (C=O) groups excluding carboxylic acids is 1. The van der Waals surface area contributed by atoms with E-state index in [1.807, 2.05) is 30.3 Å². The number of rotatable bonds is 1. The number of carboxylic acid groups (broad SMARTS) is 1. The van der Waals surface area contributed by atoms with Crippen molar-refractivity contribution in [3.8, 4) is 11.8 Å². The smallest absolute Gasteiger partial charge is 0.308 e. The van der Waals surface area contributed by atoms with Crippen molar-refractivity contribution in [3.05, 3.63) is 35.9 Å². The SMILES string of the molecule is O=C(O)C1CCN(C(=O)C#Cc2ccccc2)C1. The Morgan fingerprint density at radius 3 is 2.61 bits per heavy atom. The van der Waals surface area contributed by atoms with Crippen molar-refractivity contribution in [1.29, 1.82) is 0 Å². The Morgan fingerprint density at radius 2 is 2.00 bits per heavy atom. The van der Waals surface area contributed by atoms with Crippen LogP contribution in [0.2, 0.25) is 0 Å². The maximum atomic E-state index is 11.7. The van der Waals surface area contributed by atoms with E-state index in [9.17, 15) is 9.59 Å². The molecule has 1 aromatic carbocycles. The van der Waals surface area contributed by atoms with Crippen molar-refractivity contribution in [2.24, 2.45) is 5.92 Å². The van der Waals surface area contributed by atoms with Crippen molar-refractivity contribution in [2.75, 3.05) is 13.1 Å². The summed E-state index contributed by atoms with van der Waals surface area (Å²) >= 11 is 0. The third-order valence-corrected chi connectivity index (χ3v) is 2.91. The lowest BCUT2D eigenvalue weighted by Crippen LogP contribution is -2.28. The van der Waals surface area contributed by atoms with Gasteiger partial charge in [0.1, 0.15) is 0 Å². The van der Waals surface area contributed by atoms with Crippen LogP contribution in [0.4, 0.5) is 0 Å². The summed E-state index contributed by atoms with van der Waals surface area (Å²) in [5, 5.41) is 8.85. The molecule has 1 amide bonds. The lowest BCUT2D eigenvalue weighted by molar-refractivity contribution is -0.141. The minimum absolute atomic E-state index is 0.262. The quantitative estimate of drug-likeness (QED) is 0.748. The van der Waals surface area contributed by atoms with Crippen LogP contribution in [0.1, 0.15) is 12.0 Å². The first kappa shape index (κ1) is 12.2. The van der Waals surface area contributed by atoms with Crippen LogP contribution < -0.4 is 0 Å². The van der Waals surface area contributed by atoms with Crippen molar-refractivity contribution in [3.63, 3.8) is 0 Å². The number of benzene rings is 1. The van der Waals surface area contributed by atoms with Gasteiger partial charge in [0, 0.05) is 24.6 Å². The molecule has 1 aliphatic rings. The Balaban J connectivity index is 1.98. The first-order valence-corrected chi connectivity index (χ1v) is 5.75. The molecule has 1 N–H and O–H groups in total. The number of carbonyl (C=O) groups is 2. The fraction of sp³-hybridized carbons (Fsp3) is 0.286. The molecule has 4 heteroatoms. The maximum absolute atomic E-state index is 11.7. The summed E-state index contributed by atoms with van der Waals surface area (Å²) in [5.74, 6) is 3.72. The fourth-order valence-corrected chi connectivity index (χ4v) is 1.87. The Hall–Kier alpha value is -2.28. The summed E-state index contributed by atoms with van der Waals surface area (Å²) in [4.78, 5) is 24.0. The van der Waals surface area contributed by atoms with E-state index in [4.69, 9.17) is 5.11 Å². The lowest BCUT2D eigenvalue weighted by atomic mass is 10.1. The second kappa shape index (κ2) is 5.37. The molecule has 1 aliphatic heterocycles. The minimum Gasteiger partial charge on any atom is -0.481 e. The van der Waals surface area contributed by atoms with Gasteiger partial charge >= 0.3 is 5.97 Å². The van der Waals surface area contributed by atoms with Gasteiger partial charge < -0.3 is 10.0 Å². The highest BCUT2D eigenvalue weighted by Gasteiger charge is 2.30. The predicted molar refractivity (Wildman–Crippen MR) is 65.6 cm³/mol. The van der Waals surface area contributed by atoms with E-state index < -0.39 is 11.9 Å². The molecule has 0 aromatic heterocycles. The third kappa shape index (κ3) is 2.89. The maximum Gasteiger partial charge on any atom is 0.308 e. The molecular formula is C14H13NO3. The van der Waals surface area contributed by atoms with Gasteiger partial charge in [-0.2, -0.15) is 0 Å². The van der Waals surface area contributed by atoms with Crippen LogP contribution in [-0.4, -0.2) is 35.0 Å². The molecular weight excluding hydrogens is 230 g/mol. The number of likely N-dealkylation sites (tertiary alicyclic amines) is 1. The zero-order chi connectivity index (χ0) is 13.0. The second-order valence-corrected chi connectivity index (χ2v) is 4.19. The third-order valence-electron chi connectivity index (χ3n) is 2.91. The topological polar surface area (TPSA) is 57.6 Å². The Morgan fingerprint density at radius 1 is 1.28 bits per heavy atom. The first-order chi connectivity index (χ1) is 8.66. The molecule has 0 aliphatic carbocycles. The normalized spacial score (nSPS) is 18.0. The Kier molecular flexibility index (Phi) is 3.63. The zero-order valence-electron chi connectivity index (χ0n) is 9.80. The Bertz CT molecular complexity index is 513. The summed E-state index contributed by atoms with van der Waals surface area (Å²) in [7, 11) is 0. The molecule has 2 rings (SSSR count). The van der Waals surface area contributed by atoms with Crippen LogP contribution in [-0.2, 0) is 9.59 Å². The van der Waals surface area contributed by atoms with Gasteiger partial charge in [0.15, 0.2) is 0 Å². The Labute approximate surface area is 105 Å². The summed E-state index contributed by atoms with van der Waals surface area (Å²) in [6.07, 6.45) is 0.508. The lowest BCUT2D eigenvalue weighted by Gasteiger charge is -2.10. The highest BCUT2D eigenvalue weighted by Crippen LogP contribution is 2.15. The largest absolute Gasteiger partial charge is 0.481 e. The number of aliphatic carboxylic acids is 1. The van der Waals surface area contributed by atoms with E-state index >= 15 is 0 Å². The summed E-state index contributed by atoms with van der Waals surface area (Å²) in [6.45, 7) is 0.733. The van der Waals surface area contributed by atoms with E-state index in [-0.39, 0.29) is 12.5 Å². The van der Waals surface area contributed by atoms with Crippen molar-refractivity contribution >= 4 is 11.9 Å². The van der Waals surface area contributed by atoms with Crippen molar-refractivity contribution in [1.82, 2.24) is 4.90 Å². The molecule has 18 heavy (non-hydrogen) atoms. The fourth-order valence-electron chi connectivity index (χ4n) is 1.87. The van der Waals surface area contributed by atoms with Crippen LogP contribution in [0, 0.1) is 17.8 Å². The van der Waals surface area contributed by atoms with Gasteiger partial charge in [-0.15, -0.1) is 0 Å². The van der Waals surface area contributed by atoms with Crippen LogP contribution >= 0.6 is 0 Å². The molecule has 0 radical (unpaired) electrons. The number of hydrogen-bond donors (Lipinski definition) is 1. The summed E-state index contributed by atoms with van der Waals surface area (Å²) in [5.41, 5.74) is 0.778. The van der Waals surface area contributed by atoms with Gasteiger partial charge in [0.2, 0.25) is 0 Å². The molecule has 92 valence electrons. The predicted octanol–water partition coefficient (Wildman–Crippen LogP) is 0.971. The first-order valence-electron chi connectivity index (χ1n) is 5.75. The van der Waals surface area contributed by atoms with Gasteiger partial charge in [0.25, 0.3) is 5.91 Å². The van der Waals surface area contributed by atoms with E-state index in [2.05, 4.69) is 11.8 Å². The molecule has 1 atom stereocenters. The van der Waals surface area contributed by atoms with E-state index in [1.165, 1.54) is 4.90 Å². The molecule has 0 bridgehead atoms. The van der Waals surface area contributed by atoms with E-state index in [1.54, 1.807) is 0 Å². The average molecular weight is 243 g/mol. The molecule has 1 heterocycles. The van der Waals surface area contributed by atoms with Crippen molar-refractivity contribution < 1.29 is 14.7 Å². The monoisotopic (exact) mass is 243 g/mol. The highest BCUT2D eigenvalue weighted by molar-refractivity contribution is 5.94. The number of amides is 1. The number of carboxylic acids is 1. The van der Waals surface area contributed by atoms with E-state index in [0.717, 1.165) is 5.56 Å². The molecule has 0 saturated carbocycles. The van der Waals surface area contributed by atoms with Gasteiger partial charge in [0.05, 0.1) is 5.92 Å². The van der Waals surface area contributed by atoms with E-state index in [0.29, 0.717) is 13.0 Å². The molecule has 0 spiro atoms. The molecule has 1 unspecified atom stereocenters. The van der Waals surface area contributed by atoms with Crippen LogP contribution in [0.25, 0.3) is 0 Å². The number of nitrogens with zero attached hydrogens (tertiary/aromatic N) is 1. The standard InChI is InChI=1S/C14H13NO3/c16-13(7-6-11-4-2-1-3-5-11)15-9-8-12(10-15)14(17)18/h1-5,12H,8-10H2,(H,17,18). The molecule has 4 nitrogen and oxygen atoms in total. The van der Waals surface area contributed by atoms with Crippen molar-refractivity contribution in [2.45, 2.75) is 6.42 Å². The van der Waals surface area contributed by atoms with Crippen LogP contribution in [0.3, 0.4) is 0 Å². The van der Waals surface area contributed by atoms with Gasteiger partial charge in [-0.05, 0) is 18.6 Å². The van der Waals surface area contributed by atoms with Gasteiger partial charge in [-0.3, -0.25) is 9.59 Å². The van der Waals surface area contributed by atoms with Crippen LogP contribution in [0.15, 0.2) is 30.3 Å².